The topological polar surface area (TPSA) is 38.5 Å². The van der Waals surface area contributed by atoms with Crippen LogP contribution in [0.25, 0.3) is 0 Å². The van der Waals surface area contributed by atoms with Gasteiger partial charge in [-0.25, -0.2) is 0 Å². The second-order valence-electron chi connectivity index (χ2n) is 3.36. The fourth-order valence-electron chi connectivity index (χ4n) is 1.40. The standard InChI is InChI=1S/C9H16Br2N2O/c10-9(11)7-8(12)1-2-13-3-5-14-6-4-13/h7-8H,1-6,12H2. The van der Waals surface area contributed by atoms with Crippen LogP contribution >= 0.6 is 31.9 Å². The third kappa shape index (κ3) is 5.46. The van der Waals surface area contributed by atoms with Crippen molar-refractivity contribution in [1.29, 1.82) is 0 Å². The van der Waals surface area contributed by atoms with E-state index >= 15 is 0 Å². The van der Waals surface area contributed by atoms with E-state index in [2.05, 4.69) is 36.8 Å². The maximum atomic E-state index is 5.90. The van der Waals surface area contributed by atoms with E-state index in [0.29, 0.717) is 0 Å². The summed E-state index contributed by atoms with van der Waals surface area (Å²) in [4.78, 5) is 2.39. The number of rotatable bonds is 4. The highest BCUT2D eigenvalue weighted by Gasteiger charge is 2.10. The molecule has 1 atom stereocenters. The molecule has 0 spiro atoms. The van der Waals surface area contributed by atoms with Crippen molar-refractivity contribution < 1.29 is 4.74 Å². The fourth-order valence-corrected chi connectivity index (χ4v) is 2.08. The largest absolute Gasteiger partial charge is 0.379 e. The van der Waals surface area contributed by atoms with E-state index in [4.69, 9.17) is 10.5 Å². The number of morpholine rings is 1. The number of nitrogens with two attached hydrogens (primary N) is 1. The molecule has 0 radical (unpaired) electrons. The van der Waals surface area contributed by atoms with Crippen LogP contribution in [0.15, 0.2) is 9.47 Å². The average molecular weight is 328 g/mol. The van der Waals surface area contributed by atoms with Gasteiger partial charge in [0.1, 0.15) is 0 Å². The maximum Gasteiger partial charge on any atom is 0.0594 e. The summed E-state index contributed by atoms with van der Waals surface area (Å²) in [5.74, 6) is 0. The molecular formula is C9H16Br2N2O. The summed E-state index contributed by atoms with van der Waals surface area (Å²) < 4.78 is 6.20. The van der Waals surface area contributed by atoms with Gasteiger partial charge in [-0.2, -0.15) is 0 Å². The molecule has 14 heavy (non-hydrogen) atoms. The molecule has 0 amide bonds. The van der Waals surface area contributed by atoms with Gasteiger partial charge in [-0.3, -0.25) is 4.90 Å². The number of nitrogens with zero attached hydrogens (tertiary/aromatic N) is 1. The molecule has 5 heteroatoms. The van der Waals surface area contributed by atoms with Gasteiger partial charge in [-0.05, 0) is 44.4 Å². The zero-order chi connectivity index (χ0) is 10.4. The second kappa shape index (κ2) is 6.95. The Balaban J connectivity index is 2.15. The van der Waals surface area contributed by atoms with Gasteiger partial charge in [0.25, 0.3) is 0 Å². The first-order valence-electron chi connectivity index (χ1n) is 4.77. The average Bonchev–Trinajstić information content (AvgIpc) is 2.15. The second-order valence-corrected chi connectivity index (χ2v) is 6.14. The highest BCUT2D eigenvalue weighted by atomic mass is 79.9. The summed E-state index contributed by atoms with van der Waals surface area (Å²) in [5.41, 5.74) is 5.90. The van der Waals surface area contributed by atoms with Crippen molar-refractivity contribution in [3.05, 3.63) is 9.47 Å². The molecule has 1 saturated heterocycles. The Labute approximate surface area is 102 Å². The molecule has 1 aliphatic rings. The zero-order valence-electron chi connectivity index (χ0n) is 8.09. The van der Waals surface area contributed by atoms with Crippen molar-refractivity contribution in [2.24, 2.45) is 5.73 Å². The van der Waals surface area contributed by atoms with Crippen LogP contribution in [0, 0.1) is 0 Å². The lowest BCUT2D eigenvalue weighted by molar-refractivity contribution is 0.0371. The Kier molecular flexibility index (Phi) is 6.28. The Morgan fingerprint density at radius 3 is 2.64 bits per heavy atom. The molecule has 1 unspecified atom stereocenters. The lowest BCUT2D eigenvalue weighted by Gasteiger charge is -2.27. The summed E-state index contributed by atoms with van der Waals surface area (Å²) in [6, 6.07) is 0.117. The van der Waals surface area contributed by atoms with Gasteiger partial charge in [0.05, 0.1) is 16.6 Å². The van der Waals surface area contributed by atoms with Gasteiger partial charge in [0, 0.05) is 25.7 Å². The van der Waals surface area contributed by atoms with E-state index in [1.54, 1.807) is 0 Å². The smallest absolute Gasteiger partial charge is 0.0594 e. The van der Waals surface area contributed by atoms with E-state index in [0.717, 1.165) is 42.7 Å². The summed E-state index contributed by atoms with van der Waals surface area (Å²) in [6.45, 7) is 4.83. The molecule has 0 aromatic heterocycles. The van der Waals surface area contributed by atoms with Crippen LogP contribution in [0.4, 0.5) is 0 Å². The normalized spacial score (nSPS) is 20.5. The molecule has 2 N–H and O–H groups in total. The van der Waals surface area contributed by atoms with Crippen LogP contribution in [0.5, 0.6) is 0 Å². The first-order valence-corrected chi connectivity index (χ1v) is 6.35. The molecule has 0 bridgehead atoms. The van der Waals surface area contributed by atoms with E-state index in [1.165, 1.54) is 0 Å². The first kappa shape index (κ1) is 12.6. The van der Waals surface area contributed by atoms with Crippen LogP contribution in [0.3, 0.4) is 0 Å². The van der Waals surface area contributed by atoms with Gasteiger partial charge in [-0.1, -0.05) is 0 Å². The van der Waals surface area contributed by atoms with Crippen molar-refractivity contribution in [1.82, 2.24) is 4.90 Å². The van der Waals surface area contributed by atoms with Gasteiger partial charge < -0.3 is 10.5 Å². The van der Waals surface area contributed by atoms with Crippen molar-refractivity contribution >= 4 is 31.9 Å². The molecular weight excluding hydrogens is 312 g/mol. The Morgan fingerprint density at radius 1 is 1.43 bits per heavy atom. The maximum absolute atomic E-state index is 5.90. The molecule has 1 rings (SSSR count). The van der Waals surface area contributed by atoms with Crippen LogP contribution in [0.2, 0.25) is 0 Å². The predicted molar refractivity (Wildman–Crippen MR) is 65.8 cm³/mol. The SMILES string of the molecule is NC(C=C(Br)Br)CCN1CCOCC1. The molecule has 82 valence electrons. The van der Waals surface area contributed by atoms with E-state index in [-0.39, 0.29) is 6.04 Å². The van der Waals surface area contributed by atoms with Crippen molar-refractivity contribution in [2.45, 2.75) is 12.5 Å². The van der Waals surface area contributed by atoms with Crippen LogP contribution < -0.4 is 5.73 Å². The molecule has 0 aromatic carbocycles. The Bertz CT molecular complexity index is 189. The summed E-state index contributed by atoms with van der Waals surface area (Å²) in [6.07, 6.45) is 2.96. The first-order chi connectivity index (χ1) is 6.68. The fraction of sp³-hybridized carbons (Fsp3) is 0.778. The van der Waals surface area contributed by atoms with Crippen LogP contribution in [-0.4, -0.2) is 43.8 Å². The molecule has 3 nitrogen and oxygen atoms in total. The zero-order valence-corrected chi connectivity index (χ0v) is 11.3. The predicted octanol–water partition coefficient (Wildman–Crippen LogP) is 1.67. The number of hydrogen-bond donors (Lipinski definition) is 1. The molecule has 0 saturated carbocycles. The monoisotopic (exact) mass is 326 g/mol. The summed E-state index contributed by atoms with van der Waals surface area (Å²) in [7, 11) is 0. The minimum absolute atomic E-state index is 0.117. The van der Waals surface area contributed by atoms with E-state index < -0.39 is 0 Å². The molecule has 1 heterocycles. The third-order valence-corrected chi connectivity index (χ3v) is 2.75. The van der Waals surface area contributed by atoms with Crippen LogP contribution in [-0.2, 0) is 4.74 Å². The number of ether oxygens (including phenoxy) is 1. The van der Waals surface area contributed by atoms with Gasteiger partial charge in [0.15, 0.2) is 0 Å². The van der Waals surface area contributed by atoms with Gasteiger partial charge in [0.2, 0.25) is 0 Å². The molecule has 1 fully saturated rings. The van der Waals surface area contributed by atoms with Crippen molar-refractivity contribution in [3.63, 3.8) is 0 Å². The molecule has 0 aromatic rings. The lowest BCUT2D eigenvalue weighted by Crippen LogP contribution is -2.38. The van der Waals surface area contributed by atoms with Crippen molar-refractivity contribution in [3.8, 4) is 0 Å². The number of halogens is 2. The van der Waals surface area contributed by atoms with Gasteiger partial charge >= 0.3 is 0 Å². The molecule has 1 aliphatic heterocycles. The van der Waals surface area contributed by atoms with E-state index in [9.17, 15) is 0 Å². The Morgan fingerprint density at radius 2 is 2.07 bits per heavy atom. The molecule has 0 aliphatic carbocycles. The minimum Gasteiger partial charge on any atom is -0.379 e. The van der Waals surface area contributed by atoms with E-state index in [1.807, 2.05) is 6.08 Å². The van der Waals surface area contributed by atoms with Crippen molar-refractivity contribution in [2.75, 3.05) is 32.8 Å². The summed E-state index contributed by atoms with van der Waals surface area (Å²) >= 11 is 6.61. The highest BCUT2D eigenvalue weighted by molar-refractivity contribution is 9.28. The third-order valence-electron chi connectivity index (χ3n) is 2.22. The quantitative estimate of drug-likeness (QED) is 0.853. The number of hydrogen-bond acceptors (Lipinski definition) is 3. The highest BCUT2D eigenvalue weighted by Crippen LogP contribution is 2.14. The summed E-state index contributed by atoms with van der Waals surface area (Å²) in [5, 5.41) is 0. The van der Waals surface area contributed by atoms with Gasteiger partial charge in [-0.15, -0.1) is 0 Å². The minimum atomic E-state index is 0.117. The van der Waals surface area contributed by atoms with Crippen LogP contribution in [0.1, 0.15) is 6.42 Å². The Hall–Kier alpha value is 0.580. The lowest BCUT2D eigenvalue weighted by atomic mass is 10.2.